The Balaban J connectivity index is 1.08. The number of rotatable bonds is 6. The van der Waals surface area contributed by atoms with E-state index in [4.69, 9.17) is 21.5 Å². The Labute approximate surface area is 347 Å². The third-order valence-electron chi connectivity index (χ3n) is 11.5. The van der Waals surface area contributed by atoms with Crippen LogP contribution in [0.5, 0.6) is 0 Å². The number of fused-ring (bicyclic) bond motifs is 6. The first-order valence-electron chi connectivity index (χ1n) is 20.1. The summed E-state index contributed by atoms with van der Waals surface area (Å²) < 4.78 is 0. The zero-order valence-corrected chi connectivity index (χ0v) is 32.4. The van der Waals surface area contributed by atoms with Gasteiger partial charge >= 0.3 is 0 Å². The van der Waals surface area contributed by atoms with E-state index >= 15 is 0 Å². The van der Waals surface area contributed by atoms with Crippen LogP contribution in [0.1, 0.15) is 0 Å². The van der Waals surface area contributed by atoms with Crippen LogP contribution >= 0.6 is 0 Å². The van der Waals surface area contributed by atoms with E-state index in [0.29, 0.717) is 23.2 Å². The van der Waals surface area contributed by atoms with Crippen LogP contribution in [-0.2, 0) is 0 Å². The molecule has 0 radical (unpaired) electrons. The molecule has 0 bridgehead atoms. The minimum atomic E-state index is 0.629. The molecule has 278 valence electrons. The molecule has 0 amide bonds. The summed E-state index contributed by atoms with van der Waals surface area (Å²) in [6.45, 7) is 7.47. The van der Waals surface area contributed by atoms with Gasteiger partial charge in [0, 0.05) is 16.7 Å². The highest BCUT2D eigenvalue weighted by atomic mass is 15.0. The van der Waals surface area contributed by atoms with Gasteiger partial charge in [0.15, 0.2) is 23.2 Å². The molecule has 11 aromatic rings. The van der Waals surface area contributed by atoms with Gasteiger partial charge in [0.25, 0.3) is 0 Å². The summed E-state index contributed by atoms with van der Waals surface area (Å²) >= 11 is 0. The van der Waals surface area contributed by atoms with Gasteiger partial charge in [-0.2, -0.15) is 0 Å². The Bertz CT molecular complexity index is 3420. The molecule has 0 unspecified atom stereocenters. The third-order valence-corrected chi connectivity index (χ3v) is 11.5. The molecule has 4 heteroatoms. The summed E-state index contributed by atoms with van der Waals surface area (Å²) in [5.74, 6) is 1.91. The van der Waals surface area contributed by atoms with Crippen molar-refractivity contribution >= 4 is 48.8 Å². The Hall–Kier alpha value is -8.26. The maximum absolute atomic E-state index is 7.47. The lowest BCUT2D eigenvalue weighted by Crippen LogP contribution is -2.00. The predicted octanol–water partition coefficient (Wildman–Crippen LogP) is 15.0. The average Bonchev–Trinajstić information content (AvgIpc) is 3.33. The highest BCUT2D eigenvalue weighted by Crippen LogP contribution is 2.44. The molecule has 0 fully saturated rings. The smallest absolute Gasteiger partial charge is 0.187 e. The zero-order chi connectivity index (χ0) is 40.0. The highest BCUT2D eigenvalue weighted by Gasteiger charge is 2.18. The molecule has 0 saturated heterocycles. The normalized spacial score (nSPS) is 11.3. The molecular formula is C56H34N4. The fraction of sp³-hybridized carbons (Fsp3) is 0. The summed E-state index contributed by atoms with van der Waals surface area (Å²) in [4.78, 5) is 18.6. The van der Waals surface area contributed by atoms with E-state index in [9.17, 15) is 0 Å². The minimum Gasteiger partial charge on any atom is -0.238 e. The molecule has 1 aromatic heterocycles. The van der Waals surface area contributed by atoms with E-state index in [1.165, 1.54) is 54.2 Å². The van der Waals surface area contributed by atoms with E-state index in [1.807, 2.05) is 72.8 Å². The van der Waals surface area contributed by atoms with E-state index in [-0.39, 0.29) is 0 Å². The number of nitrogens with zero attached hydrogens (tertiary/aromatic N) is 4. The minimum absolute atomic E-state index is 0.629. The molecule has 0 saturated carbocycles. The summed E-state index contributed by atoms with van der Waals surface area (Å²) in [6, 6.07) is 72.2. The van der Waals surface area contributed by atoms with Gasteiger partial charge in [-0.3, -0.25) is 0 Å². The lowest BCUT2D eigenvalue weighted by atomic mass is 9.85. The van der Waals surface area contributed by atoms with Gasteiger partial charge < -0.3 is 0 Å². The number of hydrogen-bond acceptors (Lipinski definition) is 3. The van der Waals surface area contributed by atoms with Crippen LogP contribution in [0.4, 0.5) is 5.69 Å². The van der Waals surface area contributed by atoms with Gasteiger partial charge in [0.05, 0.1) is 6.57 Å². The second-order valence-corrected chi connectivity index (χ2v) is 15.0. The molecule has 60 heavy (non-hydrogen) atoms. The lowest BCUT2D eigenvalue weighted by molar-refractivity contribution is 1.07. The Morgan fingerprint density at radius 2 is 0.683 bits per heavy atom. The van der Waals surface area contributed by atoms with Crippen molar-refractivity contribution in [3.63, 3.8) is 0 Å². The van der Waals surface area contributed by atoms with Crippen LogP contribution in [0.2, 0.25) is 0 Å². The van der Waals surface area contributed by atoms with Crippen LogP contribution in [-0.4, -0.2) is 15.0 Å². The van der Waals surface area contributed by atoms with Crippen molar-refractivity contribution in [1.82, 2.24) is 15.0 Å². The van der Waals surface area contributed by atoms with Crippen LogP contribution < -0.4 is 0 Å². The van der Waals surface area contributed by atoms with Crippen molar-refractivity contribution in [2.24, 2.45) is 0 Å². The molecule has 0 aliphatic heterocycles. The van der Waals surface area contributed by atoms with E-state index in [1.54, 1.807) is 0 Å². The maximum Gasteiger partial charge on any atom is 0.187 e. The number of benzene rings is 10. The SMILES string of the molecule is [C-]#[N+]c1ccc(-c2cc3c4ccccc4c(-c4ccc(-c5cccc(-c6nc(-c7ccccc7)nc(-c7ccccc7)n6)c5)c5ccccc45)cc3c3ccccc23)cc1. The van der Waals surface area contributed by atoms with Crippen molar-refractivity contribution in [2.45, 2.75) is 0 Å². The number of aromatic nitrogens is 3. The Morgan fingerprint density at radius 1 is 0.267 bits per heavy atom. The monoisotopic (exact) mass is 762 g/mol. The largest absolute Gasteiger partial charge is 0.238 e. The standard InChI is InChI=1S/C56H34N4/c1-57-41-29-27-36(28-30-41)50-34-52-48-26-13-12-25-47(48)51(35-53(52)46-24-11-10-23-45(46)50)49-32-31-42(43-21-8-9-22-44(43)49)39-19-14-20-40(33-39)56-59-54(37-15-4-2-5-16-37)58-55(60-56)38-17-6-3-7-18-38/h2-35H. The molecular weight excluding hydrogens is 729 g/mol. The maximum atomic E-state index is 7.47. The van der Waals surface area contributed by atoms with Crippen molar-refractivity contribution in [2.75, 3.05) is 0 Å². The second-order valence-electron chi connectivity index (χ2n) is 15.0. The molecule has 0 atom stereocenters. The van der Waals surface area contributed by atoms with Crippen LogP contribution in [0, 0.1) is 6.57 Å². The van der Waals surface area contributed by atoms with Crippen LogP contribution in [0.15, 0.2) is 206 Å². The van der Waals surface area contributed by atoms with Crippen LogP contribution in [0.3, 0.4) is 0 Å². The molecule has 4 nitrogen and oxygen atoms in total. The molecule has 0 spiro atoms. The third kappa shape index (κ3) is 6.05. The quantitative estimate of drug-likeness (QED) is 0.125. The summed E-state index contributed by atoms with van der Waals surface area (Å²) in [5.41, 5.74) is 10.3. The number of hydrogen-bond donors (Lipinski definition) is 0. The van der Waals surface area contributed by atoms with E-state index in [0.717, 1.165) is 38.9 Å². The van der Waals surface area contributed by atoms with Crippen molar-refractivity contribution in [3.8, 4) is 67.5 Å². The van der Waals surface area contributed by atoms with Gasteiger partial charge in [-0.05, 0) is 94.7 Å². The molecule has 0 aliphatic rings. The van der Waals surface area contributed by atoms with Crippen molar-refractivity contribution in [3.05, 3.63) is 218 Å². The first kappa shape index (κ1) is 34.9. The fourth-order valence-electron chi connectivity index (χ4n) is 8.68. The fourth-order valence-corrected chi connectivity index (χ4v) is 8.68. The second kappa shape index (κ2) is 14.6. The molecule has 10 aromatic carbocycles. The van der Waals surface area contributed by atoms with Crippen molar-refractivity contribution in [1.29, 1.82) is 0 Å². The molecule has 11 rings (SSSR count). The van der Waals surface area contributed by atoms with E-state index in [2.05, 4.69) is 138 Å². The highest BCUT2D eigenvalue weighted by molar-refractivity contribution is 6.25. The molecule has 0 aliphatic carbocycles. The molecule has 0 N–H and O–H groups in total. The summed E-state index contributed by atoms with van der Waals surface area (Å²) in [7, 11) is 0. The predicted molar refractivity (Wildman–Crippen MR) is 249 cm³/mol. The van der Waals surface area contributed by atoms with Gasteiger partial charge in [-0.25, -0.2) is 19.8 Å². The topological polar surface area (TPSA) is 43.0 Å². The Morgan fingerprint density at radius 3 is 1.25 bits per heavy atom. The Kier molecular flexibility index (Phi) is 8.50. The molecule has 1 heterocycles. The van der Waals surface area contributed by atoms with Crippen LogP contribution in [0.25, 0.3) is 115 Å². The van der Waals surface area contributed by atoms with Gasteiger partial charge in [0.2, 0.25) is 0 Å². The van der Waals surface area contributed by atoms with Gasteiger partial charge in [0.1, 0.15) is 0 Å². The first-order valence-corrected chi connectivity index (χ1v) is 20.1. The summed E-state index contributed by atoms with van der Waals surface area (Å²) in [5, 5.41) is 9.57. The van der Waals surface area contributed by atoms with Crippen molar-refractivity contribution < 1.29 is 0 Å². The summed E-state index contributed by atoms with van der Waals surface area (Å²) in [6.07, 6.45) is 0. The lowest BCUT2D eigenvalue weighted by Gasteiger charge is -2.18. The van der Waals surface area contributed by atoms with Gasteiger partial charge in [-0.1, -0.05) is 188 Å². The van der Waals surface area contributed by atoms with Gasteiger partial charge in [-0.15, -0.1) is 0 Å². The average molecular weight is 763 g/mol. The van der Waals surface area contributed by atoms with E-state index < -0.39 is 0 Å². The zero-order valence-electron chi connectivity index (χ0n) is 32.4. The first-order chi connectivity index (χ1) is 29.7.